The van der Waals surface area contributed by atoms with Gasteiger partial charge in [0.2, 0.25) is 0 Å². The van der Waals surface area contributed by atoms with Gasteiger partial charge in [0.1, 0.15) is 11.6 Å². The Morgan fingerprint density at radius 1 is 1.07 bits per heavy atom. The van der Waals surface area contributed by atoms with Crippen LogP contribution in [0.15, 0.2) is 24.7 Å². The van der Waals surface area contributed by atoms with E-state index in [1.165, 1.54) is 18.4 Å². The summed E-state index contributed by atoms with van der Waals surface area (Å²) in [6, 6.07) is 2.04. The molecule has 6 N–H and O–H groups in total. The number of pyridine rings is 1. The summed E-state index contributed by atoms with van der Waals surface area (Å²) < 4.78 is 0. The number of hydrogen-bond acceptors (Lipinski definition) is 8. The summed E-state index contributed by atoms with van der Waals surface area (Å²) in [6.45, 7) is 3.75. The Labute approximate surface area is 166 Å². The first kappa shape index (κ1) is 20.4. The molecule has 2 aromatic rings. The molecule has 1 saturated heterocycles. The van der Waals surface area contributed by atoms with Crippen LogP contribution < -0.4 is 21.7 Å². The standard InChI is InChI=1S/C20H31N7O/c21-10-17-13-26-20(14-23-17)27-19-9-18(16(12-25-19)3-1-2-8-28)24-11-15-4-6-22-7-5-15/h9,12-15,22,28H,1-8,10-11,21H2,(H2,24,25,26,27). The van der Waals surface area contributed by atoms with E-state index in [1.54, 1.807) is 12.4 Å². The third kappa shape index (κ3) is 6.12. The Kier molecular flexibility index (Phi) is 7.95. The molecule has 1 aliphatic rings. The third-order valence-corrected chi connectivity index (χ3v) is 5.05. The van der Waals surface area contributed by atoms with E-state index in [1.807, 2.05) is 12.3 Å². The van der Waals surface area contributed by atoms with Crippen molar-refractivity contribution in [1.82, 2.24) is 20.3 Å². The first-order chi connectivity index (χ1) is 13.8. The molecule has 0 atom stereocenters. The molecule has 8 heteroatoms. The Balaban J connectivity index is 1.69. The van der Waals surface area contributed by atoms with E-state index in [0.717, 1.165) is 56.1 Å². The van der Waals surface area contributed by atoms with Crippen LogP contribution in [0.4, 0.5) is 17.3 Å². The van der Waals surface area contributed by atoms with E-state index in [9.17, 15) is 0 Å². The highest BCUT2D eigenvalue weighted by Gasteiger charge is 2.14. The number of rotatable bonds is 10. The number of aliphatic hydroxyl groups is 1. The van der Waals surface area contributed by atoms with Crippen molar-refractivity contribution in [3.05, 3.63) is 35.9 Å². The number of nitrogens with two attached hydrogens (primary N) is 1. The lowest BCUT2D eigenvalue weighted by molar-refractivity contribution is 0.284. The predicted octanol–water partition coefficient (Wildman–Crippen LogP) is 1.80. The van der Waals surface area contributed by atoms with E-state index in [0.29, 0.717) is 18.3 Å². The van der Waals surface area contributed by atoms with Crippen LogP contribution in [0.25, 0.3) is 0 Å². The number of hydrogen-bond donors (Lipinski definition) is 5. The number of nitrogens with one attached hydrogen (secondary N) is 3. The largest absolute Gasteiger partial charge is 0.396 e. The predicted molar refractivity (Wildman–Crippen MR) is 112 cm³/mol. The maximum atomic E-state index is 9.06. The first-order valence-electron chi connectivity index (χ1n) is 10.1. The fourth-order valence-corrected chi connectivity index (χ4v) is 3.34. The first-order valence-corrected chi connectivity index (χ1v) is 10.1. The summed E-state index contributed by atoms with van der Waals surface area (Å²) >= 11 is 0. The molecule has 0 saturated carbocycles. The molecule has 0 unspecified atom stereocenters. The van der Waals surface area contributed by atoms with Gasteiger partial charge in [-0.3, -0.25) is 4.98 Å². The summed E-state index contributed by atoms with van der Waals surface area (Å²) in [5.41, 5.74) is 8.60. The van der Waals surface area contributed by atoms with E-state index < -0.39 is 0 Å². The van der Waals surface area contributed by atoms with Gasteiger partial charge in [0.25, 0.3) is 0 Å². The summed E-state index contributed by atoms with van der Waals surface area (Å²) in [7, 11) is 0. The van der Waals surface area contributed by atoms with Crippen molar-refractivity contribution in [2.75, 3.05) is 36.9 Å². The van der Waals surface area contributed by atoms with Crippen molar-refractivity contribution in [2.24, 2.45) is 11.7 Å². The zero-order chi connectivity index (χ0) is 19.6. The lowest BCUT2D eigenvalue weighted by Gasteiger charge is -2.24. The van der Waals surface area contributed by atoms with Crippen LogP contribution >= 0.6 is 0 Å². The molecule has 28 heavy (non-hydrogen) atoms. The molecule has 3 rings (SSSR count). The molecule has 1 aliphatic heterocycles. The maximum absolute atomic E-state index is 9.06. The summed E-state index contributed by atoms with van der Waals surface area (Å²) in [5.74, 6) is 2.06. The van der Waals surface area contributed by atoms with Crippen molar-refractivity contribution in [1.29, 1.82) is 0 Å². The number of aliphatic hydroxyl groups excluding tert-OH is 1. The minimum Gasteiger partial charge on any atom is -0.396 e. The Hall–Kier alpha value is -2.29. The highest BCUT2D eigenvalue weighted by molar-refractivity contribution is 5.61. The SMILES string of the molecule is NCc1cnc(Nc2cc(NCC3CCNCC3)c(CCCCO)cn2)cn1. The summed E-state index contributed by atoms with van der Waals surface area (Å²) in [5, 5.41) is 19.3. The summed E-state index contributed by atoms with van der Waals surface area (Å²) in [6.07, 6.45) is 10.3. The molecule has 0 radical (unpaired) electrons. The molecule has 0 amide bonds. The average Bonchev–Trinajstić information content (AvgIpc) is 2.75. The quantitative estimate of drug-likeness (QED) is 0.393. The van der Waals surface area contributed by atoms with E-state index in [-0.39, 0.29) is 6.61 Å². The Morgan fingerprint density at radius 2 is 1.89 bits per heavy atom. The van der Waals surface area contributed by atoms with E-state index >= 15 is 0 Å². The third-order valence-electron chi connectivity index (χ3n) is 5.05. The second kappa shape index (κ2) is 10.9. The molecule has 0 aliphatic carbocycles. The second-order valence-electron chi connectivity index (χ2n) is 7.20. The van der Waals surface area contributed by atoms with Crippen LogP contribution in [0.3, 0.4) is 0 Å². The molecule has 0 bridgehead atoms. The number of piperidine rings is 1. The van der Waals surface area contributed by atoms with Gasteiger partial charge in [0.15, 0.2) is 0 Å². The fraction of sp³-hybridized carbons (Fsp3) is 0.550. The molecular weight excluding hydrogens is 354 g/mol. The van der Waals surface area contributed by atoms with Gasteiger partial charge >= 0.3 is 0 Å². The zero-order valence-corrected chi connectivity index (χ0v) is 16.3. The average molecular weight is 386 g/mol. The Bertz CT molecular complexity index is 717. The number of aryl methyl sites for hydroxylation is 1. The topological polar surface area (TPSA) is 121 Å². The van der Waals surface area contributed by atoms with Crippen LogP contribution in [0.1, 0.15) is 36.9 Å². The van der Waals surface area contributed by atoms with Gasteiger partial charge in [-0.25, -0.2) is 9.97 Å². The molecule has 0 aromatic carbocycles. The van der Waals surface area contributed by atoms with Gasteiger partial charge in [-0.2, -0.15) is 0 Å². The van der Waals surface area contributed by atoms with Gasteiger partial charge in [0.05, 0.1) is 18.1 Å². The molecule has 8 nitrogen and oxygen atoms in total. The minimum absolute atomic E-state index is 0.225. The van der Waals surface area contributed by atoms with Gasteiger partial charge in [-0.15, -0.1) is 0 Å². The normalized spacial score (nSPS) is 14.8. The van der Waals surface area contributed by atoms with E-state index in [4.69, 9.17) is 10.8 Å². The van der Waals surface area contributed by atoms with Crippen LogP contribution in [-0.4, -0.2) is 46.3 Å². The Morgan fingerprint density at radius 3 is 2.61 bits per heavy atom. The minimum atomic E-state index is 0.225. The van der Waals surface area contributed by atoms with Gasteiger partial charge < -0.3 is 26.8 Å². The lowest BCUT2D eigenvalue weighted by Crippen LogP contribution is -2.31. The smallest absolute Gasteiger partial charge is 0.150 e. The van der Waals surface area contributed by atoms with E-state index in [2.05, 4.69) is 30.9 Å². The number of nitrogens with zero attached hydrogens (tertiary/aromatic N) is 3. The van der Waals surface area contributed by atoms with Crippen LogP contribution in [0, 0.1) is 5.92 Å². The monoisotopic (exact) mass is 385 g/mol. The van der Waals surface area contributed by atoms with Gasteiger partial charge in [-0.1, -0.05) is 0 Å². The number of aromatic nitrogens is 3. The molecule has 152 valence electrons. The molecular formula is C20H31N7O. The van der Waals surface area contributed by atoms with Gasteiger partial charge in [-0.05, 0) is 56.7 Å². The number of unbranched alkanes of at least 4 members (excludes halogenated alkanes) is 1. The van der Waals surface area contributed by atoms with Crippen LogP contribution in [0.2, 0.25) is 0 Å². The van der Waals surface area contributed by atoms with Gasteiger partial charge in [0, 0.05) is 37.6 Å². The highest BCUT2D eigenvalue weighted by atomic mass is 16.2. The maximum Gasteiger partial charge on any atom is 0.150 e. The van der Waals surface area contributed by atoms with Crippen molar-refractivity contribution in [3.63, 3.8) is 0 Å². The number of anilines is 3. The highest BCUT2D eigenvalue weighted by Crippen LogP contribution is 2.23. The van der Waals surface area contributed by atoms with Crippen molar-refractivity contribution in [3.8, 4) is 0 Å². The molecule has 0 spiro atoms. The zero-order valence-electron chi connectivity index (χ0n) is 16.3. The fourth-order valence-electron chi connectivity index (χ4n) is 3.34. The van der Waals surface area contributed by atoms with Crippen LogP contribution in [-0.2, 0) is 13.0 Å². The van der Waals surface area contributed by atoms with Crippen LogP contribution in [0.5, 0.6) is 0 Å². The summed E-state index contributed by atoms with van der Waals surface area (Å²) in [4.78, 5) is 13.1. The molecule has 1 fully saturated rings. The van der Waals surface area contributed by atoms with Crippen molar-refractivity contribution >= 4 is 17.3 Å². The second-order valence-corrected chi connectivity index (χ2v) is 7.20. The van der Waals surface area contributed by atoms with Crippen molar-refractivity contribution < 1.29 is 5.11 Å². The van der Waals surface area contributed by atoms with Crippen molar-refractivity contribution in [2.45, 2.75) is 38.6 Å². The molecule has 2 aromatic heterocycles. The lowest BCUT2D eigenvalue weighted by atomic mass is 9.98. The molecule has 3 heterocycles.